The normalized spacial score (nSPS) is 18.3. The van der Waals surface area contributed by atoms with E-state index in [-0.39, 0.29) is 17.9 Å². The SMILES string of the molecule is CCC1(NCCc2c[nH]c3ccccc23)CCc2cc(C(=O)O)ccc21.Cl. The number of aryl methyl sites for hydroxylation is 1. The fraction of sp³-hybridized carbons (Fsp3) is 0.318. The number of aromatic nitrogens is 1. The van der Waals surface area contributed by atoms with Crippen LogP contribution in [0.25, 0.3) is 10.9 Å². The van der Waals surface area contributed by atoms with Crippen molar-refractivity contribution in [3.05, 3.63) is 70.9 Å². The van der Waals surface area contributed by atoms with Crippen LogP contribution in [0.2, 0.25) is 0 Å². The third-order valence-corrected chi connectivity index (χ3v) is 5.83. The highest BCUT2D eigenvalue weighted by Crippen LogP contribution is 2.39. The van der Waals surface area contributed by atoms with Gasteiger partial charge in [-0.05, 0) is 60.6 Å². The molecule has 0 radical (unpaired) electrons. The third kappa shape index (κ3) is 3.47. The number of rotatable bonds is 6. The molecule has 4 nitrogen and oxygen atoms in total. The zero-order chi connectivity index (χ0) is 18.1. The van der Waals surface area contributed by atoms with Crippen molar-refractivity contribution in [2.75, 3.05) is 6.54 Å². The van der Waals surface area contributed by atoms with Crippen LogP contribution in [0.5, 0.6) is 0 Å². The summed E-state index contributed by atoms with van der Waals surface area (Å²) in [5.74, 6) is -0.853. The van der Waals surface area contributed by atoms with Gasteiger partial charge in [0.2, 0.25) is 0 Å². The summed E-state index contributed by atoms with van der Waals surface area (Å²) in [6.45, 7) is 3.11. The predicted octanol–water partition coefficient (Wildman–Crippen LogP) is 4.67. The van der Waals surface area contributed by atoms with Gasteiger partial charge in [-0.15, -0.1) is 12.4 Å². The second kappa shape index (κ2) is 7.75. The molecule has 1 aromatic heterocycles. The van der Waals surface area contributed by atoms with E-state index < -0.39 is 5.97 Å². The lowest BCUT2D eigenvalue weighted by atomic mass is 9.88. The number of benzene rings is 2. The summed E-state index contributed by atoms with van der Waals surface area (Å²) in [5.41, 5.74) is 5.29. The maximum absolute atomic E-state index is 11.2. The Morgan fingerprint density at radius 1 is 1.26 bits per heavy atom. The number of hydrogen-bond acceptors (Lipinski definition) is 2. The van der Waals surface area contributed by atoms with E-state index in [1.54, 1.807) is 6.07 Å². The van der Waals surface area contributed by atoms with Crippen LogP contribution in [-0.4, -0.2) is 22.6 Å². The van der Waals surface area contributed by atoms with Crippen LogP contribution < -0.4 is 5.32 Å². The van der Waals surface area contributed by atoms with Crippen LogP contribution in [0, 0.1) is 0 Å². The first-order valence-corrected chi connectivity index (χ1v) is 9.30. The molecule has 1 aliphatic carbocycles. The summed E-state index contributed by atoms with van der Waals surface area (Å²) < 4.78 is 0. The van der Waals surface area contributed by atoms with E-state index in [0.717, 1.165) is 32.2 Å². The molecule has 3 N–H and O–H groups in total. The van der Waals surface area contributed by atoms with Gasteiger partial charge in [0.05, 0.1) is 5.56 Å². The molecule has 2 aromatic carbocycles. The van der Waals surface area contributed by atoms with Gasteiger partial charge in [0.25, 0.3) is 0 Å². The standard InChI is InChI=1S/C22H24N2O2.ClH/c1-2-22(11-9-15-13-16(21(25)26)7-8-19(15)22)24-12-10-17-14-23-20-6-4-3-5-18(17)20;/h3-8,13-14,23-24H,2,9-12H2,1H3,(H,25,26);1H. The average Bonchev–Trinajstić information content (AvgIpc) is 3.24. The summed E-state index contributed by atoms with van der Waals surface area (Å²) in [7, 11) is 0. The van der Waals surface area contributed by atoms with Crippen LogP contribution in [0.4, 0.5) is 0 Å². The molecular weight excluding hydrogens is 360 g/mol. The van der Waals surface area contributed by atoms with E-state index >= 15 is 0 Å². The number of aromatic amines is 1. The van der Waals surface area contributed by atoms with Gasteiger partial charge in [0, 0.05) is 29.2 Å². The van der Waals surface area contributed by atoms with Crippen LogP contribution in [0.15, 0.2) is 48.7 Å². The predicted molar refractivity (Wildman–Crippen MR) is 111 cm³/mol. The molecule has 27 heavy (non-hydrogen) atoms. The molecule has 0 bridgehead atoms. The molecule has 1 aliphatic rings. The van der Waals surface area contributed by atoms with Crippen molar-refractivity contribution in [3.8, 4) is 0 Å². The Morgan fingerprint density at radius 3 is 2.85 bits per heavy atom. The summed E-state index contributed by atoms with van der Waals surface area (Å²) in [5, 5.41) is 14.3. The Hall–Kier alpha value is -2.30. The largest absolute Gasteiger partial charge is 0.478 e. The highest BCUT2D eigenvalue weighted by Gasteiger charge is 2.36. The zero-order valence-corrected chi connectivity index (χ0v) is 16.2. The van der Waals surface area contributed by atoms with Crippen LogP contribution in [0.3, 0.4) is 0 Å². The third-order valence-electron chi connectivity index (χ3n) is 5.83. The van der Waals surface area contributed by atoms with Gasteiger partial charge in [-0.1, -0.05) is 31.2 Å². The van der Waals surface area contributed by atoms with E-state index in [4.69, 9.17) is 0 Å². The van der Waals surface area contributed by atoms with E-state index in [9.17, 15) is 9.90 Å². The molecule has 0 amide bonds. The number of H-pyrrole nitrogens is 1. The van der Waals surface area contributed by atoms with Crippen molar-refractivity contribution >= 4 is 29.3 Å². The molecule has 0 fully saturated rings. The van der Waals surface area contributed by atoms with Gasteiger partial charge >= 0.3 is 5.97 Å². The number of carboxylic acids is 1. The minimum absolute atomic E-state index is 0. The van der Waals surface area contributed by atoms with Crippen molar-refractivity contribution in [2.45, 2.75) is 38.1 Å². The Labute approximate surface area is 165 Å². The summed E-state index contributed by atoms with van der Waals surface area (Å²) >= 11 is 0. The first-order chi connectivity index (χ1) is 12.6. The lowest BCUT2D eigenvalue weighted by molar-refractivity contribution is 0.0696. The van der Waals surface area contributed by atoms with Crippen molar-refractivity contribution in [1.29, 1.82) is 0 Å². The fourth-order valence-electron chi connectivity index (χ4n) is 4.33. The Bertz CT molecular complexity index is 966. The van der Waals surface area contributed by atoms with Crippen LogP contribution >= 0.6 is 12.4 Å². The first-order valence-electron chi connectivity index (χ1n) is 9.30. The van der Waals surface area contributed by atoms with Gasteiger partial charge in [-0.3, -0.25) is 0 Å². The number of carbonyl (C=O) groups is 1. The van der Waals surface area contributed by atoms with Crippen LogP contribution in [0.1, 0.15) is 46.8 Å². The minimum atomic E-state index is -0.853. The molecule has 5 heteroatoms. The number of carboxylic acid groups (broad SMARTS) is 1. The summed E-state index contributed by atoms with van der Waals surface area (Å²) in [4.78, 5) is 14.6. The van der Waals surface area contributed by atoms with Crippen LogP contribution in [-0.2, 0) is 18.4 Å². The molecule has 0 spiro atoms. The number of para-hydroxylation sites is 1. The van der Waals surface area contributed by atoms with Gasteiger partial charge in [-0.2, -0.15) is 0 Å². The summed E-state index contributed by atoms with van der Waals surface area (Å²) in [6, 6.07) is 14.0. The number of aromatic carboxylic acids is 1. The number of halogens is 1. The lowest BCUT2D eigenvalue weighted by Crippen LogP contribution is -2.41. The van der Waals surface area contributed by atoms with E-state index in [0.29, 0.717) is 5.56 Å². The van der Waals surface area contributed by atoms with Crippen molar-refractivity contribution in [2.24, 2.45) is 0 Å². The number of hydrogen-bond donors (Lipinski definition) is 3. The molecule has 0 saturated carbocycles. The smallest absolute Gasteiger partial charge is 0.335 e. The minimum Gasteiger partial charge on any atom is -0.478 e. The van der Waals surface area contributed by atoms with Gasteiger partial charge in [0.1, 0.15) is 0 Å². The second-order valence-electron chi connectivity index (χ2n) is 7.15. The zero-order valence-electron chi connectivity index (χ0n) is 15.4. The van der Waals surface area contributed by atoms with E-state index in [2.05, 4.69) is 41.6 Å². The molecule has 142 valence electrons. The van der Waals surface area contributed by atoms with E-state index in [1.165, 1.54) is 27.6 Å². The Kier molecular flexibility index (Phi) is 5.59. The van der Waals surface area contributed by atoms with Gasteiger partial charge in [-0.25, -0.2) is 4.79 Å². The molecule has 0 aliphatic heterocycles. The Morgan fingerprint density at radius 2 is 2.07 bits per heavy atom. The lowest BCUT2D eigenvalue weighted by Gasteiger charge is -2.31. The topological polar surface area (TPSA) is 65.1 Å². The molecule has 1 heterocycles. The maximum Gasteiger partial charge on any atom is 0.335 e. The maximum atomic E-state index is 11.2. The van der Waals surface area contributed by atoms with Crippen molar-refractivity contribution in [3.63, 3.8) is 0 Å². The average molecular weight is 385 g/mol. The van der Waals surface area contributed by atoms with E-state index in [1.807, 2.05) is 18.2 Å². The monoisotopic (exact) mass is 384 g/mol. The van der Waals surface area contributed by atoms with Gasteiger partial charge in [0.15, 0.2) is 0 Å². The van der Waals surface area contributed by atoms with Gasteiger partial charge < -0.3 is 15.4 Å². The summed E-state index contributed by atoms with van der Waals surface area (Å²) in [6.07, 6.45) is 6.03. The molecule has 3 aromatic rings. The molecule has 1 atom stereocenters. The second-order valence-corrected chi connectivity index (χ2v) is 7.15. The highest BCUT2D eigenvalue weighted by atomic mass is 35.5. The molecule has 0 saturated heterocycles. The highest BCUT2D eigenvalue weighted by molar-refractivity contribution is 5.88. The fourth-order valence-corrected chi connectivity index (χ4v) is 4.33. The number of nitrogens with one attached hydrogen (secondary N) is 2. The molecular formula is C22H25ClN2O2. The molecule has 1 unspecified atom stereocenters. The molecule has 4 rings (SSSR count). The first kappa shape index (κ1) is 19.5. The van der Waals surface area contributed by atoms with Crippen molar-refractivity contribution in [1.82, 2.24) is 10.3 Å². The van der Waals surface area contributed by atoms with Crippen molar-refractivity contribution < 1.29 is 9.90 Å². The quantitative estimate of drug-likeness (QED) is 0.578. The number of fused-ring (bicyclic) bond motifs is 2. The Balaban J connectivity index is 0.00000210.